The van der Waals surface area contributed by atoms with Crippen LogP contribution in [0.15, 0.2) is 87.6 Å². The number of fused-ring (bicyclic) bond motifs is 1. The Morgan fingerprint density at radius 3 is 2.62 bits per heavy atom. The molecule has 0 fully saturated rings. The van der Waals surface area contributed by atoms with E-state index < -0.39 is 0 Å². The minimum Gasteiger partial charge on any atom is -0.497 e. The molecule has 0 aliphatic heterocycles. The van der Waals surface area contributed by atoms with Gasteiger partial charge in [-0.05, 0) is 43.3 Å². The van der Waals surface area contributed by atoms with Crippen LogP contribution in [0.5, 0.6) is 5.75 Å². The van der Waals surface area contributed by atoms with E-state index in [9.17, 15) is 9.59 Å². The summed E-state index contributed by atoms with van der Waals surface area (Å²) in [6.45, 7) is 2.62. The van der Waals surface area contributed by atoms with E-state index in [2.05, 4.69) is 41.5 Å². The molecule has 0 saturated heterocycles. The maximum absolute atomic E-state index is 13.3. The Kier molecular flexibility index (Phi) is 7.92. The lowest BCUT2D eigenvalue weighted by Gasteiger charge is -2.14. The maximum atomic E-state index is 13.3. The summed E-state index contributed by atoms with van der Waals surface area (Å²) in [5, 5.41) is 3.93. The molecule has 1 amide bonds. The largest absolute Gasteiger partial charge is 0.497 e. The molecule has 1 aromatic heterocycles. The fourth-order valence-corrected chi connectivity index (χ4v) is 4.97. The number of hydrogen-bond donors (Lipinski definition) is 1. The Hall–Kier alpha value is -3.23. The first-order chi connectivity index (χ1) is 16.5. The number of ether oxygens (including phenoxy) is 1. The van der Waals surface area contributed by atoms with E-state index in [-0.39, 0.29) is 17.2 Å². The molecule has 1 heterocycles. The molecule has 0 unspecified atom stereocenters. The van der Waals surface area contributed by atoms with Crippen LogP contribution in [0.4, 0.5) is 0 Å². The van der Waals surface area contributed by atoms with Gasteiger partial charge in [0.2, 0.25) is 5.91 Å². The van der Waals surface area contributed by atoms with Gasteiger partial charge < -0.3 is 10.1 Å². The summed E-state index contributed by atoms with van der Waals surface area (Å²) >= 11 is 2.94. The Morgan fingerprint density at radius 2 is 1.82 bits per heavy atom. The van der Waals surface area contributed by atoms with Gasteiger partial charge >= 0.3 is 0 Å². The monoisotopic (exact) mass is 491 g/mol. The average Bonchev–Trinajstić information content (AvgIpc) is 2.86. The molecule has 4 aromatic rings. The van der Waals surface area contributed by atoms with E-state index in [1.54, 1.807) is 37.1 Å². The molecule has 8 heteroatoms. The second-order valence-electron chi connectivity index (χ2n) is 7.55. The van der Waals surface area contributed by atoms with Gasteiger partial charge in [-0.2, -0.15) is 0 Å². The zero-order chi connectivity index (χ0) is 23.9. The number of thioether (sulfide) groups is 2. The van der Waals surface area contributed by atoms with Gasteiger partial charge in [-0.1, -0.05) is 47.7 Å². The van der Waals surface area contributed by atoms with Crippen LogP contribution in [0.3, 0.4) is 0 Å². The second kappa shape index (κ2) is 11.3. The number of methoxy groups -OCH3 is 1. The summed E-state index contributed by atoms with van der Waals surface area (Å²) < 4.78 is 6.86. The van der Waals surface area contributed by atoms with E-state index in [0.29, 0.717) is 34.0 Å². The molecule has 0 atom stereocenters. The minimum atomic E-state index is -0.184. The molecule has 0 bridgehead atoms. The Labute approximate surface area is 206 Å². The normalized spacial score (nSPS) is 10.9. The third-order valence-electron chi connectivity index (χ3n) is 5.10. The molecule has 6 nitrogen and oxygen atoms in total. The number of carbonyl (C=O) groups excluding carboxylic acids is 1. The molecule has 1 N–H and O–H groups in total. The lowest BCUT2D eigenvalue weighted by molar-refractivity contribution is -0.118. The van der Waals surface area contributed by atoms with E-state index >= 15 is 0 Å². The lowest BCUT2D eigenvalue weighted by Crippen LogP contribution is -2.28. The highest BCUT2D eigenvalue weighted by Crippen LogP contribution is 2.23. The zero-order valence-corrected chi connectivity index (χ0v) is 20.6. The summed E-state index contributed by atoms with van der Waals surface area (Å²) in [4.78, 5) is 31.7. The molecule has 4 rings (SSSR count). The topological polar surface area (TPSA) is 73.2 Å². The van der Waals surface area contributed by atoms with Gasteiger partial charge in [-0.3, -0.25) is 14.2 Å². The highest BCUT2D eigenvalue weighted by atomic mass is 32.2. The first-order valence-electron chi connectivity index (χ1n) is 10.8. The molecule has 0 radical (unpaired) electrons. The van der Waals surface area contributed by atoms with Gasteiger partial charge in [0.1, 0.15) is 5.75 Å². The fraction of sp³-hybridized carbons (Fsp3) is 0.192. The van der Waals surface area contributed by atoms with Gasteiger partial charge in [0.05, 0.1) is 29.5 Å². The van der Waals surface area contributed by atoms with Crippen LogP contribution in [0, 0.1) is 6.92 Å². The van der Waals surface area contributed by atoms with Crippen molar-refractivity contribution in [2.24, 2.45) is 0 Å². The number of aryl methyl sites for hydroxylation is 1. The van der Waals surface area contributed by atoms with Gasteiger partial charge in [0.25, 0.3) is 5.56 Å². The van der Waals surface area contributed by atoms with Crippen molar-refractivity contribution in [3.63, 3.8) is 0 Å². The van der Waals surface area contributed by atoms with Crippen LogP contribution in [0.25, 0.3) is 16.6 Å². The molecule has 0 aliphatic rings. The molecule has 0 saturated carbocycles. The molecule has 174 valence electrons. The van der Waals surface area contributed by atoms with Crippen molar-refractivity contribution in [1.82, 2.24) is 14.9 Å². The van der Waals surface area contributed by atoms with Gasteiger partial charge in [-0.25, -0.2) is 4.98 Å². The number of benzene rings is 3. The number of carbonyl (C=O) groups is 1. The first kappa shape index (κ1) is 23.9. The van der Waals surface area contributed by atoms with Crippen LogP contribution in [-0.4, -0.2) is 40.6 Å². The summed E-state index contributed by atoms with van der Waals surface area (Å²) in [5.41, 5.74) is 2.28. The molecule has 0 spiro atoms. The molecular weight excluding hydrogens is 466 g/mol. The Balaban J connectivity index is 1.46. The molecule has 34 heavy (non-hydrogen) atoms. The first-order valence-corrected chi connectivity index (χ1v) is 12.8. The number of rotatable bonds is 9. The third kappa shape index (κ3) is 5.81. The van der Waals surface area contributed by atoms with Crippen LogP contribution < -0.4 is 15.6 Å². The highest BCUT2D eigenvalue weighted by molar-refractivity contribution is 7.99. The van der Waals surface area contributed by atoms with E-state index in [0.717, 1.165) is 5.75 Å². The second-order valence-corrected chi connectivity index (χ2v) is 9.66. The number of hydrogen-bond acceptors (Lipinski definition) is 6. The van der Waals surface area contributed by atoms with Crippen LogP contribution in [0.1, 0.15) is 5.56 Å². The quantitative estimate of drug-likeness (QED) is 0.208. The van der Waals surface area contributed by atoms with Crippen LogP contribution in [-0.2, 0) is 4.79 Å². The SMILES string of the molecule is COc1cccc(-n2c(SCC(=O)NCCSc3ccc(C)cc3)nc3ccccc3c2=O)c1. The van der Waals surface area contributed by atoms with Crippen LogP contribution >= 0.6 is 23.5 Å². The van der Waals surface area contributed by atoms with Crippen molar-refractivity contribution < 1.29 is 9.53 Å². The predicted molar refractivity (Wildman–Crippen MR) is 140 cm³/mol. The van der Waals surface area contributed by atoms with Crippen molar-refractivity contribution in [2.75, 3.05) is 25.2 Å². The van der Waals surface area contributed by atoms with Crippen molar-refractivity contribution in [2.45, 2.75) is 17.0 Å². The number of aromatic nitrogens is 2. The fourth-order valence-electron chi connectivity index (χ4n) is 3.36. The Morgan fingerprint density at radius 1 is 1.03 bits per heavy atom. The summed E-state index contributed by atoms with van der Waals surface area (Å²) in [5.74, 6) is 1.47. The molecule has 3 aromatic carbocycles. The van der Waals surface area contributed by atoms with E-state index in [1.165, 1.54) is 26.8 Å². The Bertz CT molecular complexity index is 1350. The van der Waals surface area contributed by atoms with Crippen LogP contribution in [0.2, 0.25) is 0 Å². The highest BCUT2D eigenvalue weighted by Gasteiger charge is 2.15. The summed E-state index contributed by atoms with van der Waals surface area (Å²) in [6, 6.07) is 22.8. The molecular formula is C26H25N3O3S2. The standard InChI is InChI=1S/C26H25N3O3S2/c1-18-10-12-21(13-11-18)33-15-14-27-24(30)17-34-26-28-23-9-4-3-8-22(23)25(31)29(26)19-6-5-7-20(16-19)32-2/h3-13,16H,14-15,17H2,1-2H3,(H,27,30). The third-order valence-corrected chi connectivity index (χ3v) is 7.06. The van der Waals surface area contributed by atoms with E-state index in [4.69, 9.17) is 4.74 Å². The molecule has 0 aliphatic carbocycles. The number of nitrogens with one attached hydrogen (secondary N) is 1. The summed E-state index contributed by atoms with van der Waals surface area (Å²) in [6.07, 6.45) is 0. The summed E-state index contributed by atoms with van der Waals surface area (Å²) in [7, 11) is 1.58. The van der Waals surface area contributed by atoms with Gasteiger partial charge in [-0.15, -0.1) is 11.8 Å². The van der Waals surface area contributed by atoms with Crippen molar-refractivity contribution >= 4 is 40.3 Å². The average molecular weight is 492 g/mol. The van der Waals surface area contributed by atoms with Gasteiger partial charge in [0.15, 0.2) is 5.16 Å². The minimum absolute atomic E-state index is 0.103. The lowest BCUT2D eigenvalue weighted by atomic mass is 10.2. The predicted octanol–water partition coefficient (Wildman–Crippen LogP) is 4.70. The number of amides is 1. The van der Waals surface area contributed by atoms with Crippen molar-refractivity contribution in [1.29, 1.82) is 0 Å². The smallest absolute Gasteiger partial charge is 0.266 e. The van der Waals surface area contributed by atoms with Crippen molar-refractivity contribution in [3.8, 4) is 11.4 Å². The maximum Gasteiger partial charge on any atom is 0.266 e. The van der Waals surface area contributed by atoms with E-state index in [1.807, 2.05) is 30.3 Å². The van der Waals surface area contributed by atoms with Gasteiger partial charge in [0, 0.05) is 23.3 Å². The number of nitrogens with zero attached hydrogens (tertiary/aromatic N) is 2. The van der Waals surface area contributed by atoms with Crippen molar-refractivity contribution in [3.05, 3.63) is 88.7 Å². The zero-order valence-electron chi connectivity index (χ0n) is 19.0. The number of para-hydroxylation sites is 1.